The van der Waals surface area contributed by atoms with Gasteiger partial charge in [0.25, 0.3) is 0 Å². The van der Waals surface area contributed by atoms with Gasteiger partial charge in [0, 0.05) is 24.9 Å². The van der Waals surface area contributed by atoms with Gasteiger partial charge >= 0.3 is 0 Å². The SMILES string of the molecule is C/C(N)=C/C(N)=N\c1cc(N2CCC(c3ccccc3)CC2)nc(/C=C/c2ccccc2)n1. The standard InChI is InChI=1S/C27H30N6/c1-20(28)18-24(29)30-26-19-27(32-25(31-26)13-12-21-8-4-2-5-9-21)33-16-14-23(15-17-33)22-10-6-3-7-11-22/h2-13,18-19,23H,14-17,28H2,1H3,(H2,29,30,31,32)/b13-12+,20-18-. The topological polar surface area (TPSA) is 93.4 Å². The predicted octanol–water partition coefficient (Wildman–Crippen LogP) is 4.88. The van der Waals surface area contributed by atoms with E-state index >= 15 is 0 Å². The normalized spacial score (nSPS) is 15.8. The first-order valence-corrected chi connectivity index (χ1v) is 11.3. The second-order valence-electron chi connectivity index (χ2n) is 8.28. The van der Waals surface area contributed by atoms with E-state index in [0.29, 0.717) is 29.1 Å². The van der Waals surface area contributed by atoms with E-state index in [1.54, 1.807) is 13.0 Å². The number of rotatable bonds is 6. The van der Waals surface area contributed by atoms with Crippen LogP contribution in [0.5, 0.6) is 0 Å². The van der Waals surface area contributed by atoms with E-state index < -0.39 is 0 Å². The van der Waals surface area contributed by atoms with Crippen LogP contribution in [0.3, 0.4) is 0 Å². The minimum absolute atomic E-state index is 0.320. The first-order valence-electron chi connectivity index (χ1n) is 11.3. The Hall–Kier alpha value is -3.93. The van der Waals surface area contributed by atoms with Crippen molar-refractivity contribution in [2.45, 2.75) is 25.7 Å². The molecule has 0 saturated carbocycles. The summed E-state index contributed by atoms with van der Waals surface area (Å²) in [6.07, 6.45) is 7.71. The molecule has 1 aliphatic heterocycles. The Morgan fingerprint density at radius 2 is 1.61 bits per heavy atom. The summed E-state index contributed by atoms with van der Waals surface area (Å²) in [5.74, 6) is 2.88. The molecule has 0 aliphatic carbocycles. The molecule has 0 unspecified atom stereocenters. The monoisotopic (exact) mass is 438 g/mol. The molecule has 0 bridgehead atoms. The van der Waals surface area contributed by atoms with Crippen LogP contribution in [0.4, 0.5) is 11.6 Å². The van der Waals surface area contributed by atoms with Gasteiger partial charge in [-0.25, -0.2) is 15.0 Å². The minimum atomic E-state index is 0.320. The van der Waals surface area contributed by atoms with Gasteiger partial charge < -0.3 is 16.4 Å². The summed E-state index contributed by atoms with van der Waals surface area (Å²) in [4.78, 5) is 16.2. The van der Waals surface area contributed by atoms with E-state index in [-0.39, 0.29) is 0 Å². The third-order valence-electron chi connectivity index (χ3n) is 5.65. The number of hydrogen-bond donors (Lipinski definition) is 2. The zero-order valence-electron chi connectivity index (χ0n) is 18.9. The molecule has 1 aliphatic rings. The summed E-state index contributed by atoms with van der Waals surface area (Å²) in [7, 11) is 0. The van der Waals surface area contributed by atoms with Crippen LogP contribution in [0, 0.1) is 0 Å². The van der Waals surface area contributed by atoms with Gasteiger partial charge in [0.1, 0.15) is 11.7 Å². The highest BCUT2D eigenvalue weighted by Gasteiger charge is 2.22. The van der Waals surface area contributed by atoms with E-state index in [1.807, 2.05) is 48.6 Å². The van der Waals surface area contributed by atoms with E-state index in [0.717, 1.165) is 37.3 Å². The van der Waals surface area contributed by atoms with Gasteiger partial charge in [-0.3, -0.25) is 0 Å². The number of nitrogens with two attached hydrogens (primary N) is 2. The van der Waals surface area contributed by atoms with Gasteiger partial charge in [-0.1, -0.05) is 66.7 Å². The van der Waals surface area contributed by atoms with E-state index in [1.165, 1.54) is 5.56 Å². The molecule has 3 aromatic rings. The number of aliphatic imine (C=N–C) groups is 1. The second-order valence-corrected chi connectivity index (χ2v) is 8.28. The Labute approximate surface area is 195 Å². The van der Waals surface area contributed by atoms with Crippen LogP contribution >= 0.6 is 0 Å². The molecule has 0 amide bonds. The van der Waals surface area contributed by atoms with Crippen LogP contribution in [0.15, 0.2) is 83.5 Å². The van der Waals surface area contributed by atoms with Gasteiger partial charge in [0.05, 0.1) is 0 Å². The first kappa shape index (κ1) is 22.3. The molecule has 4 rings (SSSR count). The van der Waals surface area contributed by atoms with Gasteiger partial charge in [0.15, 0.2) is 11.6 Å². The van der Waals surface area contributed by atoms with E-state index in [2.05, 4.69) is 45.2 Å². The lowest BCUT2D eigenvalue weighted by Gasteiger charge is -2.33. The quantitative estimate of drug-likeness (QED) is 0.422. The van der Waals surface area contributed by atoms with Crippen LogP contribution in [-0.4, -0.2) is 28.9 Å². The molecule has 168 valence electrons. The van der Waals surface area contributed by atoms with Crippen molar-refractivity contribution in [3.8, 4) is 0 Å². The average Bonchev–Trinajstić information content (AvgIpc) is 2.83. The highest BCUT2D eigenvalue weighted by Crippen LogP contribution is 2.30. The molecule has 33 heavy (non-hydrogen) atoms. The number of amidine groups is 1. The number of allylic oxidation sites excluding steroid dienone is 1. The number of piperidine rings is 1. The Morgan fingerprint density at radius 3 is 2.27 bits per heavy atom. The Bertz CT molecular complexity index is 1140. The molecule has 0 atom stereocenters. The minimum Gasteiger partial charge on any atom is -0.402 e. The Kier molecular flexibility index (Phi) is 7.15. The number of hydrogen-bond acceptors (Lipinski definition) is 5. The fourth-order valence-electron chi connectivity index (χ4n) is 4.03. The van der Waals surface area contributed by atoms with Crippen molar-refractivity contribution < 1.29 is 0 Å². The summed E-state index contributed by atoms with van der Waals surface area (Å²) < 4.78 is 0. The fourth-order valence-corrected chi connectivity index (χ4v) is 4.03. The Morgan fingerprint density at radius 1 is 0.939 bits per heavy atom. The molecule has 2 aromatic carbocycles. The molecule has 0 spiro atoms. The predicted molar refractivity (Wildman–Crippen MR) is 137 cm³/mol. The number of aromatic nitrogens is 2. The van der Waals surface area contributed by atoms with Crippen molar-refractivity contribution in [3.05, 3.63) is 95.5 Å². The summed E-state index contributed by atoms with van der Waals surface area (Å²) >= 11 is 0. The lowest BCUT2D eigenvalue weighted by Crippen LogP contribution is -2.33. The molecule has 1 aromatic heterocycles. The van der Waals surface area contributed by atoms with E-state index in [9.17, 15) is 0 Å². The first-order chi connectivity index (χ1) is 16.1. The van der Waals surface area contributed by atoms with Crippen molar-refractivity contribution in [2.75, 3.05) is 18.0 Å². The smallest absolute Gasteiger partial charge is 0.160 e. The molecule has 1 fully saturated rings. The van der Waals surface area contributed by atoms with Crippen molar-refractivity contribution in [1.82, 2.24) is 9.97 Å². The summed E-state index contributed by atoms with van der Waals surface area (Å²) in [6, 6.07) is 22.7. The van der Waals surface area contributed by atoms with Crippen molar-refractivity contribution in [3.63, 3.8) is 0 Å². The van der Waals surface area contributed by atoms with Gasteiger partial charge in [-0.15, -0.1) is 0 Å². The average molecular weight is 439 g/mol. The van der Waals surface area contributed by atoms with Crippen molar-refractivity contribution in [1.29, 1.82) is 0 Å². The zero-order valence-corrected chi connectivity index (χ0v) is 18.9. The number of anilines is 1. The molecule has 6 nitrogen and oxygen atoms in total. The lowest BCUT2D eigenvalue weighted by molar-refractivity contribution is 0.502. The van der Waals surface area contributed by atoms with Crippen molar-refractivity contribution >= 4 is 29.6 Å². The largest absolute Gasteiger partial charge is 0.402 e. The molecule has 1 saturated heterocycles. The maximum atomic E-state index is 6.03. The molecule has 2 heterocycles. The Balaban J connectivity index is 1.59. The maximum Gasteiger partial charge on any atom is 0.160 e. The van der Waals surface area contributed by atoms with Crippen molar-refractivity contribution in [2.24, 2.45) is 16.5 Å². The summed E-state index contributed by atoms with van der Waals surface area (Å²) in [6.45, 7) is 3.64. The summed E-state index contributed by atoms with van der Waals surface area (Å²) in [5.41, 5.74) is 14.9. The molecule has 4 N–H and O–H groups in total. The van der Waals surface area contributed by atoms with Crippen LogP contribution in [0.1, 0.15) is 42.6 Å². The van der Waals surface area contributed by atoms with Crippen LogP contribution in [0.25, 0.3) is 12.2 Å². The molecule has 0 radical (unpaired) electrons. The highest BCUT2D eigenvalue weighted by molar-refractivity contribution is 5.93. The number of benzene rings is 2. The highest BCUT2D eigenvalue weighted by atomic mass is 15.2. The molecular formula is C27H30N6. The third-order valence-corrected chi connectivity index (χ3v) is 5.65. The van der Waals surface area contributed by atoms with Gasteiger partial charge in [0.2, 0.25) is 0 Å². The van der Waals surface area contributed by atoms with Gasteiger partial charge in [-0.05, 0) is 49.0 Å². The fraction of sp³-hybridized carbons (Fsp3) is 0.222. The zero-order chi connectivity index (χ0) is 23.0. The third kappa shape index (κ3) is 6.29. The number of nitrogens with zero attached hydrogens (tertiary/aromatic N) is 4. The van der Waals surface area contributed by atoms with E-state index in [4.69, 9.17) is 16.5 Å². The van der Waals surface area contributed by atoms with Gasteiger partial charge in [-0.2, -0.15) is 0 Å². The molecule has 6 heteroatoms. The lowest BCUT2D eigenvalue weighted by atomic mass is 9.89. The van der Waals surface area contributed by atoms with Crippen LogP contribution in [0.2, 0.25) is 0 Å². The second kappa shape index (κ2) is 10.6. The molecular weight excluding hydrogens is 408 g/mol. The summed E-state index contributed by atoms with van der Waals surface area (Å²) in [5, 5.41) is 0. The maximum absolute atomic E-state index is 6.03. The van der Waals surface area contributed by atoms with Crippen LogP contribution < -0.4 is 16.4 Å². The van der Waals surface area contributed by atoms with Crippen LogP contribution in [-0.2, 0) is 0 Å².